The molecule has 1 heterocycles. The number of hydrogen-bond donors (Lipinski definition) is 0. The van der Waals surface area contributed by atoms with E-state index >= 15 is 0 Å². The SMILES string of the molecule is CCOCCOc1nn(C)c(C(C)C)c1-c1ccc(C)cc1. The topological polar surface area (TPSA) is 36.3 Å². The minimum atomic E-state index is 0.373. The van der Waals surface area contributed by atoms with Gasteiger partial charge in [0, 0.05) is 13.7 Å². The van der Waals surface area contributed by atoms with Crippen LogP contribution >= 0.6 is 0 Å². The molecule has 0 aliphatic rings. The molecule has 0 radical (unpaired) electrons. The van der Waals surface area contributed by atoms with Gasteiger partial charge >= 0.3 is 0 Å². The van der Waals surface area contributed by atoms with Crippen molar-refractivity contribution in [2.45, 2.75) is 33.6 Å². The third kappa shape index (κ3) is 3.69. The first-order valence-electron chi connectivity index (χ1n) is 7.89. The molecular formula is C18H26N2O2. The number of benzene rings is 1. The van der Waals surface area contributed by atoms with Crippen molar-refractivity contribution in [2.24, 2.45) is 7.05 Å². The van der Waals surface area contributed by atoms with Gasteiger partial charge in [-0.3, -0.25) is 4.68 Å². The van der Waals surface area contributed by atoms with Gasteiger partial charge in [0.2, 0.25) is 5.88 Å². The molecule has 0 amide bonds. The van der Waals surface area contributed by atoms with E-state index in [0.29, 0.717) is 31.6 Å². The average Bonchev–Trinajstić information content (AvgIpc) is 2.81. The number of ether oxygens (including phenoxy) is 2. The molecule has 22 heavy (non-hydrogen) atoms. The molecule has 0 N–H and O–H groups in total. The van der Waals surface area contributed by atoms with Crippen LogP contribution in [0.1, 0.15) is 37.9 Å². The first kappa shape index (κ1) is 16.6. The van der Waals surface area contributed by atoms with Crippen molar-refractivity contribution in [1.29, 1.82) is 0 Å². The van der Waals surface area contributed by atoms with Gasteiger partial charge in [0.05, 0.1) is 17.9 Å². The Kier molecular flexibility index (Phi) is 5.61. The summed E-state index contributed by atoms with van der Waals surface area (Å²) in [4.78, 5) is 0. The highest BCUT2D eigenvalue weighted by Gasteiger charge is 2.21. The van der Waals surface area contributed by atoms with Crippen LogP contribution in [-0.2, 0) is 11.8 Å². The lowest BCUT2D eigenvalue weighted by molar-refractivity contribution is 0.108. The van der Waals surface area contributed by atoms with Crippen LogP contribution < -0.4 is 4.74 Å². The molecule has 2 rings (SSSR count). The van der Waals surface area contributed by atoms with Crippen LogP contribution in [0.5, 0.6) is 5.88 Å². The molecule has 4 nitrogen and oxygen atoms in total. The lowest BCUT2D eigenvalue weighted by Crippen LogP contribution is -2.07. The smallest absolute Gasteiger partial charge is 0.241 e. The molecule has 0 fully saturated rings. The van der Waals surface area contributed by atoms with Gasteiger partial charge in [-0.15, -0.1) is 5.10 Å². The van der Waals surface area contributed by atoms with E-state index in [0.717, 1.165) is 11.1 Å². The van der Waals surface area contributed by atoms with Crippen LogP contribution in [0.25, 0.3) is 11.1 Å². The minimum Gasteiger partial charge on any atom is -0.474 e. The molecule has 0 aliphatic heterocycles. The zero-order chi connectivity index (χ0) is 16.1. The maximum absolute atomic E-state index is 5.88. The van der Waals surface area contributed by atoms with Crippen molar-refractivity contribution in [2.75, 3.05) is 19.8 Å². The van der Waals surface area contributed by atoms with E-state index in [-0.39, 0.29) is 0 Å². The van der Waals surface area contributed by atoms with Crippen molar-refractivity contribution in [1.82, 2.24) is 9.78 Å². The highest BCUT2D eigenvalue weighted by Crippen LogP contribution is 2.36. The van der Waals surface area contributed by atoms with Crippen LogP contribution in [0, 0.1) is 6.92 Å². The summed E-state index contributed by atoms with van der Waals surface area (Å²) in [6.45, 7) is 10.2. The van der Waals surface area contributed by atoms with Crippen LogP contribution in [-0.4, -0.2) is 29.6 Å². The third-order valence-electron chi connectivity index (χ3n) is 3.62. The largest absolute Gasteiger partial charge is 0.474 e. The number of rotatable bonds is 7. The maximum Gasteiger partial charge on any atom is 0.241 e. The molecular weight excluding hydrogens is 276 g/mol. The van der Waals surface area contributed by atoms with Crippen LogP contribution in [0.3, 0.4) is 0 Å². The molecule has 2 aromatic rings. The molecule has 1 aromatic heterocycles. The second-order valence-corrected chi connectivity index (χ2v) is 5.76. The molecule has 0 atom stereocenters. The van der Waals surface area contributed by atoms with Crippen molar-refractivity contribution < 1.29 is 9.47 Å². The van der Waals surface area contributed by atoms with Gasteiger partial charge in [-0.2, -0.15) is 0 Å². The second kappa shape index (κ2) is 7.45. The number of aromatic nitrogens is 2. The Bertz CT molecular complexity index is 600. The minimum absolute atomic E-state index is 0.373. The van der Waals surface area contributed by atoms with E-state index in [1.54, 1.807) is 0 Å². The molecule has 0 saturated carbocycles. The van der Waals surface area contributed by atoms with E-state index in [9.17, 15) is 0 Å². The van der Waals surface area contributed by atoms with E-state index in [4.69, 9.17) is 9.47 Å². The summed E-state index contributed by atoms with van der Waals surface area (Å²) in [6.07, 6.45) is 0. The molecule has 120 valence electrons. The summed E-state index contributed by atoms with van der Waals surface area (Å²) in [5.74, 6) is 1.06. The van der Waals surface area contributed by atoms with Gasteiger partial charge in [-0.25, -0.2) is 0 Å². The van der Waals surface area contributed by atoms with E-state index in [1.165, 1.54) is 11.3 Å². The van der Waals surface area contributed by atoms with Gasteiger partial charge in [0.15, 0.2) is 0 Å². The van der Waals surface area contributed by atoms with Crippen LogP contribution in [0.4, 0.5) is 0 Å². The number of aryl methyl sites for hydroxylation is 2. The lowest BCUT2D eigenvalue weighted by atomic mass is 9.98. The standard InChI is InChI=1S/C18H26N2O2/c1-6-21-11-12-22-18-16(15-9-7-14(4)8-10-15)17(13(2)3)20(5)19-18/h7-10,13H,6,11-12H2,1-5H3. The highest BCUT2D eigenvalue weighted by molar-refractivity contribution is 5.72. The van der Waals surface area contributed by atoms with Gasteiger partial charge in [0.25, 0.3) is 0 Å². The second-order valence-electron chi connectivity index (χ2n) is 5.76. The molecule has 0 unspecified atom stereocenters. The number of nitrogens with zero attached hydrogens (tertiary/aromatic N) is 2. The van der Waals surface area contributed by atoms with Crippen molar-refractivity contribution in [3.05, 3.63) is 35.5 Å². The molecule has 0 saturated heterocycles. The Morgan fingerprint density at radius 3 is 2.41 bits per heavy atom. The van der Waals surface area contributed by atoms with Crippen molar-refractivity contribution >= 4 is 0 Å². The number of hydrogen-bond acceptors (Lipinski definition) is 3. The fourth-order valence-corrected chi connectivity index (χ4v) is 2.61. The van der Waals surface area contributed by atoms with Gasteiger partial charge in [-0.05, 0) is 25.3 Å². The van der Waals surface area contributed by atoms with E-state index < -0.39 is 0 Å². The summed E-state index contributed by atoms with van der Waals surface area (Å²) >= 11 is 0. The summed E-state index contributed by atoms with van der Waals surface area (Å²) < 4.78 is 13.1. The summed E-state index contributed by atoms with van der Waals surface area (Å²) in [6, 6.07) is 8.51. The maximum atomic E-state index is 5.88. The van der Waals surface area contributed by atoms with Crippen LogP contribution in [0.15, 0.2) is 24.3 Å². The molecule has 0 spiro atoms. The predicted octanol–water partition coefficient (Wildman–Crippen LogP) is 3.93. The zero-order valence-corrected chi connectivity index (χ0v) is 14.2. The fourth-order valence-electron chi connectivity index (χ4n) is 2.61. The van der Waals surface area contributed by atoms with E-state index in [1.807, 2.05) is 18.7 Å². The first-order chi connectivity index (χ1) is 10.5. The Balaban J connectivity index is 2.36. The van der Waals surface area contributed by atoms with Gasteiger partial charge in [0.1, 0.15) is 6.61 Å². The van der Waals surface area contributed by atoms with Crippen molar-refractivity contribution in [3.63, 3.8) is 0 Å². The molecule has 0 bridgehead atoms. The Hall–Kier alpha value is -1.81. The summed E-state index contributed by atoms with van der Waals surface area (Å²) in [5, 5.41) is 4.57. The Morgan fingerprint density at radius 1 is 1.14 bits per heavy atom. The molecule has 1 aromatic carbocycles. The van der Waals surface area contributed by atoms with Gasteiger partial charge < -0.3 is 9.47 Å². The summed E-state index contributed by atoms with van der Waals surface area (Å²) in [5.41, 5.74) is 4.68. The Labute approximate surface area is 133 Å². The van der Waals surface area contributed by atoms with Gasteiger partial charge in [-0.1, -0.05) is 43.7 Å². The molecule has 4 heteroatoms. The third-order valence-corrected chi connectivity index (χ3v) is 3.62. The predicted molar refractivity (Wildman–Crippen MR) is 89.5 cm³/mol. The highest BCUT2D eigenvalue weighted by atomic mass is 16.5. The van der Waals surface area contributed by atoms with Crippen LogP contribution in [0.2, 0.25) is 0 Å². The van der Waals surface area contributed by atoms with E-state index in [2.05, 4.69) is 50.1 Å². The van der Waals surface area contributed by atoms with Crippen molar-refractivity contribution in [3.8, 4) is 17.0 Å². The monoisotopic (exact) mass is 302 g/mol. The fraction of sp³-hybridized carbons (Fsp3) is 0.500. The Morgan fingerprint density at radius 2 is 1.82 bits per heavy atom. The first-order valence-corrected chi connectivity index (χ1v) is 7.89. The zero-order valence-electron chi connectivity index (χ0n) is 14.2. The average molecular weight is 302 g/mol. The normalized spacial score (nSPS) is 11.2. The quantitative estimate of drug-likeness (QED) is 0.727. The molecule has 0 aliphatic carbocycles. The summed E-state index contributed by atoms with van der Waals surface area (Å²) in [7, 11) is 1.97. The lowest BCUT2D eigenvalue weighted by Gasteiger charge is -2.11.